The number of aromatic hydroxyl groups is 1. The minimum atomic E-state index is 0. The molecule has 1 N–H and O–H groups in total. The van der Waals surface area contributed by atoms with Gasteiger partial charge in [-0.3, -0.25) is 0 Å². The van der Waals surface area contributed by atoms with Crippen molar-refractivity contribution in [2.24, 2.45) is 0 Å². The van der Waals surface area contributed by atoms with Crippen molar-refractivity contribution in [1.82, 2.24) is 0 Å². The summed E-state index contributed by atoms with van der Waals surface area (Å²) in [5.41, 5.74) is 2.33. The second-order valence-corrected chi connectivity index (χ2v) is 3.40. The summed E-state index contributed by atoms with van der Waals surface area (Å²) < 4.78 is 0. The Hall–Kier alpha value is -0.206. The maximum Gasteiger partial charge on any atom is 0.123 e. The normalized spacial score (nSPS) is 8.62. The standard InChI is InChI=1S/C12H12O.2ClH.Ti/c1-8-6-7-11(13)12-9(2)4-3-5-10(8)12;;;/h3-7,13H,1-2H3;2*1H;. The molecule has 0 saturated heterocycles. The van der Waals surface area contributed by atoms with Crippen LogP contribution in [0.25, 0.3) is 10.8 Å². The first-order chi connectivity index (χ1) is 6.20. The SMILES string of the molecule is Cc1ccc(O)c2c(C)cccc12.Cl.Cl.[Ti]. The van der Waals surface area contributed by atoms with Crippen LogP contribution in [0.5, 0.6) is 5.75 Å². The summed E-state index contributed by atoms with van der Waals surface area (Å²) in [7, 11) is 0. The van der Waals surface area contributed by atoms with Crippen molar-refractivity contribution in [1.29, 1.82) is 0 Å². The number of aryl methyl sites for hydroxylation is 2. The van der Waals surface area contributed by atoms with Crippen molar-refractivity contribution in [2.75, 3.05) is 0 Å². The largest absolute Gasteiger partial charge is 0.507 e. The third-order valence-corrected chi connectivity index (χ3v) is 2.44. The molecule has 0 aliphatic carbocycles. The Bertz CT molecular complexity index is 464. The number of fused-ring (bicyclic) bond motifs is 1. The van der Waals surface area contributed by atoms with Crippen LogP contribution in [0.2, 0.25) is 0 Å². The molecule has 1 nitrogen and oxygen atoms in total. The molecule has 16 heavy (non-hydrogen) atoms. The van der Waals surface area contributed by atoms with Gasteiger partial charge in [-0.05, 0) is 36.4 Å². The number of rotatable bonds is 0. The van der Waals surface area contributed by atoms with E-state index < -0.39 is 0 Å². The molecule has 2 rings (SSSR count). The smallest absolute Gasteiger partial charge is 0.123 e. The van der Waals surface area contributed by atoms with E-state index in [9.17, 15) is 5.11 Å². The third kappa shape index (κ3) is 3.15. The Morgan fingerprint density at radius 3 is 2.06 bits per heavy atom. The van der Waals surface area contributed by atoms with Gasteiger partial charge in [0.2, 0.25) is 0 Å². The van der Waals surface area contributed by atoms with Crippen molar-refractivity contribution in [3.63, 3.8) is 0 Å². The van der Waals surface area contributed by atoms with Crippen LogP contribution in [0.15, 0.2) is 30.3 Å². The van der Waals surface area contributed by atoms with E-state index in [0.29, 0.717) is 5.75 Å². The second-order valence-electron chi connectivity index (χ2n) is 3.40. The van der Waals surface area contributed by atoms with Gasteiger partial charge in [0.05, 0.1) is 0 Å². The van der Waals surface area contributed by atoms with Crippen LogP contribution in [0.3, 0.4) is 0 Å². The molecule has 0 aliphatic rings. The summed E-state index contributed by atoms with van der Waals surface area (Å²) in [6.45, 7) is 4.07. The summed E-state index contributed by atoms with van der Waals surface area (Å²) in [5.74, 6) is 0.374. The molecule has 2 aromatic carbocycles. The van der Waals surface area contributed by atoms with Gasteiger partial charge in [-0.15, -0.1) is 24.8 Å². The first-order valence-electron chi connectivity index (χ1n) is 4.38. The average molecular weight is 293 g/mol. The van der Waals surface area contributed by atoms with Crippen molar-refractivity contribution in [3.8, 4) is 5.75 Å². The molecule has 0 heterocycles. The van der Waals surface area contributed by atoms with E-state index in [1.54, 1.807) is 6.07 Å². The number of phenolic OH excluding ortho intramolecular Hbond substituents is 1. The molecule has 0 fully saturated rings. The van der Waals surface area contributed by atoms with Crippen molar-refractivity contribution in [3.05, 3.63) is 41.5 Å². The Labute approximate surface area is 123 Å². The van der Waals surface area contributed by atoms with Gasteiger partial charge in [0, 0.05) is 27.1 Å². The summed E-state index contributed by atoms with van der Waals surface area (Å²) in [6.07, 6.45) is 0. The van der Waals surface area contributed by atoms with Crippen LogP contribution < -0.4 is 0 Å². The maximum absolute atomic E-state index is 9.68. The van der Waals surface area contributed by atoms with Gasteiger partial charge in [-0.25, -0.2) is 0 Å². The summed E-state index contributed by atoms with van der Waals surface area (Å²) in [5, 5.41) is 11.8. The van der Waals surface area contributed by atoms with Gasteiger partial charge in [-0.1, -0.05) is 24.3 Å². The predicted molar refractivity (Wildman–Crippen MR) is 69.6 cm³/mol. The molecule has 0 aliphatic heterocycles. The summed E-state index contributed by atoms with van der Waals surface area (Å²) in [6, 6.07) is 9.77. The number of benzene rings is 2. The van der Waals surface area contributed by atoms with E-state index in [4.69, 9.17) is 0 Å². The van der Waals surface area contributed by atoms with E-state index in [-0.39, 0.29) is 46.5 Å². The minimum Gasteiger partial charge on any atom is -0.507 e. The molecule has 4 heteroatoms. The molecule has 86 valence electrons. The topological polar surface area (TPSA) is 20.2 Å². The zero-order valence-corrected chi connectivity index (χ0v) is 12.3. The third-order valence-electron chi connectivity index (χ3n) is 2.44. The fraction of sp³-hybridized carbons (Fsp3) is 0.167. The predicted octanol–water partition coefficient (Wildman–Crippen LogP) is 4.00. The van der Waals surface area contributed by atoms with Gasteiger partial charge in [-0.2, -0.15) is 0 Å². The molecule has 2 aromatic rings. The van der Waals surface area contributed by atoms with Crippen molar-refractivity contribution < 1.29 is 26.8 Å². The quantitative estimate of drug-likeness (QED) is 0.728. The first kappa shape index (κ1) is 18.2. The Kier molecular flexibility index (Phi) is 8.16. The molecule has 0 unspecified atom stereocenters. The fourth-order valence-corrected chi connectivity index (χ4v) is 1.71. The van der Waals surface area contributed by atoms with E-state index in [2.05, 4.69) is 6.92 Å². The second kappa shape index (κ2) is 7.18. The van der Waals surface area contributed by atoms with E-state index >= 15 is 0 Å². The molecular formula is C12H14Cl2OTi. The monoisotopic (exact) mass is 292 g/mol. The average Bonchev–Trinajstić information content (AvgIpc) is 2.12. The van der Waals surface area contributed by atoms with Gasteiger partial charge in [0.15, 0.2) is 0 Å². The summed E-state index contributed by atoms with van der Waals surface area (Å²) in [4.78, 5) is 0. The molecule has 0 bridgehead atoms. The van der Waals surface area contributed by atoms with Gasteiger partial charge in [0.25, 0.3) is 0 Å². The number of halogens is 2. The van der Waals surface area contributed by atoms with Crippen molar-refractivity contribution in [2.45, 2.75) is 13.8 Å². The molecule has 0 amide bonds. The van der Waals surface area contributed by atoms with E-state index in [0.717, 1.165) is 16.3 Å². The Morgan fingerprint density at radius 1 is 0.875 bits per heavy atom. The molecular weight excluding hydrogens is 279 g/mol. The van der Waals surface area contributed by atoms with Crippen LogP contribution in [0.4, 0.5) is 0 Å². The van der Waals surface area contributed by atoms with Crippen LogP contribution >= 0.6 is 24.8 Å². The molecule has 0 radical (unpaired) electrons. The van der Waals surface area contributed by atoms with Crippen LogP contribution in [0, 0.1) is 13.8 Å². The minimum absolute atomic E-state index is 0. The number of phenols is 1. The van der Waals surface area contributed by atoms with Gasteiger partial charge >= 0.3 is 0 Å². The number of hydrogen-bond acceptors (Lipinski definition) is 1. The van der Waals surface area contributed by atoms with E-state index in [1.807, 2.05) is 31.2 Å². The molecule has 0 spiro atoms. The molecule has 0 atom stereocenters. The Balaban J connectivity index is 0. The van der Waals surface area contributed by atoms with Crippen LogP contribution in [0.1, 0.15) is 11.1 Å². The van der Waals surface area contributed by atoms with E-state index in [1.165, 1.54) is 5.56 Å². The van der Waals surface area contributed by atoms with Crippen LogP contribution in [-0.2, 0) is 21.7 Å². The van der Waals surface area contributed by atoms with Gasteiger partial charge in [0.1, 0.15) is 5.75 Å². The first-order valence-corrected chi connectivity index (χ1v) is 4.38. The van der Waals surface area contributed by atoms with Crippen LogP contribution in [-0.4, -0.2) is 5.11 Å². The maximum atomic E-state index is 9.68. The van der Waals surface area contributed by atoms with Gasteiger partial charge < -0.3 is 5.11 Å². The molecule has 0 saturated carbocycles. The Morgan fingerprint density at radius 2 is 1.50 bits per heavy atom. The van der Waals surface area contributed by atoms with Crippen molar-refractivity contribution >= 4 is 35.6 Å². The zero-order chi connectivity index (χ0) is 9.42. The summed E-state index contributed by atoms with van der Waals surface area (Å²) >= 11 is 0. The fourth-order valence-electron chi connectivity index (χ4n) is 1.71. The number of hydrogen-bond donors (Lipinski definition) is 1. The molecule has 0 aromatic heterocycles. The zero-order valence-electron chi connectivity index (χ0n) is 9.15.